The van der Waals surface area contributed by atoms with Crippen LogP contribution in [0.1, 0.15) is 98.8 Å². The molecule has 4 rings (SSSR count). The van der Waals surface area contributed by atoms with Gasteiger partial charge < -0.3 is 38.8 Å². The summed E-state index contributed by atoms with van der Waals surface area (Å²) in [7, 11) is 4.66. The number of allylic oxidation sites excluding steroid dienone is 5. The molecule has 1 amide bonds. The zero-order valence-electron chi connectivity index (χ0n) is 34.8. The van der Waals surface area contributed by atoms with Crippen LogP contribution in [0.3, 0.4) is 0 Å². The fourth-order valence-electron chi connectivity index (χ4n) is 9.12. The Morgan fingerprint density at radius 1 is 0.982 bits per heavy atom. The van der Waals surface area contributed by atoms with E-state index in [0.29, 0.717) is 44.9 Å². The Kier molecular flexibility index (Phi) is 16.8. The fraction of sp³-hybridized carbons (Fsp3) is 0.727. The van der Waals surface area contributed by atoms with E-state index < -0.39 is 77.8 Å². The van der Waals surface area contributed by atoms with Crippen molar-refractivity contribution < 1.29 is 53.1 Å². The number of amides is 1. The van der Waals surface area contributed by atoms with Gasteiger partial charge in [0.15, 0.2) is 5.78 Å². The number of ether oxygens (including phenoxy) is 5. The molecule has 1 saturated carbocycles. The third kappa shape index (κ3) is 10.9. The van der Waals surface area contributed by atoms with Crippen LogP contribution >= 0.6 is 0 Å². The second-order valence-corrected chi connectivity index (χ2v) is 16.8. The van der Waals surface area contributed by atoms with Gasteiger partial charge in [0.25, 0.3) is 11.7 Å². The van der Waals surface area contributed by atoms with Crippen LogP contribution in [0, 0.1) is 29.6 Å². The number of hydrogen-bond acceptors (Lipinski definition) is 11. The lowest BCUT2D eigenvalue weighted by molar-refractivity contribution is -0.302. The second kappa shape index (κ2) is 20.6. The molecule has 3 heterocycles. The van der Waals surface area contributed by atoms with E-state index >= 15 is 0 Å². The maximum Gasteiger partial charge on any atom is 0.329 e. The Balaban J connectivity index is 1.78. The van der Waals surface area contributed by atoms with Crippen molar-refractivity contribution in [2.24, 2.45) is 29.6 Å². The van der Waals surface area contributed by atoms with Crippen LogP contribution in [0.25, 0.3) is 0 Å². The Labute approximate surface area is 333 Å². The molecule has 0 aromatic rings. The van der Waals surface area contributed by atoms with Crippen molar-refractivity contribution in [1.29, 1.82) is 0 Å². The van der Waals surface area contributed by atoms with Gasteiger partial charge in [-0.2, -0.15) is 0 Å². The number of methoxy groups -OCH3 is 3. The monoisotopic (exact) mass is 785 g/mol. The highest BCUT2D eigenvalue weighted by Crippen LogP contribution is 2.39. The Morgan fingerprint density at radius 2 is 1.66 bits per heavy atom. The lowest BCUT2D eigenvalue weighted by atomic mass is 9.82. The minimum atomic E-state index is -2.48. The van der Waals surface area contributed by atoms with Crippen molar-refractivity contribution in [3.63, 3.8) is 0 Å². The highest BCUT2D eigenvalue weighted by molar-refractivity contribution is 6.39. The number of Topliss-reactive ketones (excluding diaryl/α,β-unsaturated/α-hetero) is 1. The van der Waals surface area contributed by atoms with E-state index in [1.165, 1.54) is 19.1 Å². The van der Waals surface area contributed by atoms with Gasteiger partial charge >= 0.3 is 5.97 Å². The standard InChI is InChI=1S/C44H67NO11/c1-10-13-32-21-26(2)20-27(3)22-37(53-8)40-38(54-9)24-30(6)44(51,56-40)41(48)42(49)45-19-12-11-14-33(45)43(50)55-39(28(4)15-17-34(32)46)29(5)23-31-16-18-35(47)36(25-31)52-7/h10,15,17,21,23,27-28,30-33,35-40,47,51H,1,11-14,16,18-20,22,24-25H2,2-9H3/b17-15+,26-21+,29-23+/t27-,28-,30+,31-,32+,33-,35+,36+,37-,38-,39-,40+,44+/m0/s1. The third-order valence-electron chi connectivity index (χ3n) is 12.4. The van der Waals surface area contributed by atoms with Gasteiger partial charge in [-0.25, -0.2) is 4.79 Å². The maximum atomic E-state index is 14.3. The number of cyclic esters (lactones) is 1. The van der Waals surface area contributed by atoms with Gasteiger partial charge in [0.05, 0.1) is 24.4 Å². The van der Waals surface area contributed by atoms with E-state index in [1.54, 1.807) is 32.3 Å². The largest absolute Gasteiger partial charge is 0.456 e. The molecule has 314 valence electrons. The quantitative estimate of drug-likeness (QED) is 0.192. The summed E-state index contributed by atoms with van der Waals surface area (Å²) in [5.74, 6) is -7.00. The molecule has 0 unspecified atom stereocenters. The molecule has 3 fully saturated rings. The Hall–Kier alpha value is -3.00. The molecule has 1 aliphatic carbocycles. The number of carbonyl (C=O) groups is 4. The van der Waals surface area contributed by atoms with E-state index in [9.17, 15) is 29.4 Å². The Bertz CT molecular complexity index is 1490. The summed E-state index contributed by atoms with van der Waals surface area (Å²) in [5.41, 5.74) is 1.77. The number of esters is 1. The van der Waals surface area contributed by atoms with Crippen LogP contribution < -0.4 is 0 Å². The first-order valence-electron chi connectivity index (χ1n) is 20.5. The van der Waals surface area contributed by atoms with E-state index in [4.69, 9.17) is 23.7 Å². The van der Waals surface area contributed by atoms with Crippen LogP contribution in [0.2, 0.25) is 0 Å². The van der Waals surface area contributed by atoms with Gasteiger partial charge in [0.2, 0.25) is 5.79 Å². The average Bonchev–Trinajstić information content (AvgIpc) is 3.18. The first-order valence-corrected chi connectivity index (χ1v) is 20.5. The van der Waals surface area contributed by atoms with E-state index in [0.717, 1.165) is 17.6 Å². The van der Waals surface area contributed by atoms with Gasteiger partial charge in [-0.05, 0) is 102 Å². The molecular formula is C44H67NO11. The molecule has 13 atom stereocenters. The predicted octanol–water partition coefficient (Wildman–Crippen LogP) is 5.44. The van der Waals surface area contributed by atoms with Crippen LogP contribution in [0.15, 0.2) is 48.1 Å². The number of piperidine rings is 1. The van der Waals surface area contributed by atoms with Crippen molar-refractivity contribution in [3.8, 4) is 0 Å². The SMILES string of the molecule is C=CC[C@@H]1/C=C(\C)C[C@H](C)C[C@H](OC)[C@H]2O[C@@](O)(C(=O)C(=O)N3CCCC[C@H]3C(=O)O[C@H](/C(C)=C/[C@@H]3CC[C@@H](O)[C@H](OC)C3)[C@@H](C)/C=C/C1=O)[C@H](C)C[C@@H]2OC. The van der Waals surface area contributed by atoms with Crippen LogP contribution in [-0.4, -0.2) is 115 Å². The van der Waals surface area contributed by atoms with Crippen LogP contribution in [0.4, 0.5) is 0 Å². The van der Waals surface area contributed by atoms with Gasteiger partial charge in [-0.15, -0.1) is 6.58 Å². The summed E-state index contributed by atoms with van der Waals surface area (Å²) in [5, 5.41) is 22.4. The number of fused-ring (bicyclic) bond motifs is 3. The molecule has 0 aromatic carbocycles. The third-order valence-corrected chi connectivity index (χ3v) is 12.4. The zero-order valence-corrected chi connectivity index (χ0v) is 34.8. The van der Waals surface area contributed by atoms with Gasteiger partial charge in [0, 0.05) is 45.6 Å². The molecule has 2 N–H and O–H groups in total. The van der Waals surface area contributed by atoms with Crippen LogP contribution in [-0.2, 0) is 42.9 Å². The van der Waals surface area contributed by atoms with Gasteiger partial charge in [-0.1, -0.05) is 50.6 Å². The van der Waals surface area contributed by atoms with E-state index in [1.807, 2.05) is 26.8 Å². The highest BCUT2D eigenvalue weighted by atomic mass is 16.7. The molecule has 0 aromatic heterocycles. The number of rotatable bonds is 7. The van der Waals surface area contributed by atoms with Crippen molar-refractivity contribution in [2.75, 3.05) is 27.9 Å². The van der Waals surface area contributed by atoms with E-state index in [-0.39, 0.29) is 43.1 Å². The number of aliphatic hydroxyl groups is 2. The van der Waals surface area contributed by atoms with Gasteiger partial charge in [-0.3, -0.25) is 14.4 Å². The minimum Gasteiger partial charge on any atom is -0.456 e. The van der Waals surface area contributed by atoms with Gasteiger partial charge in [0.1, 0.15) is 18.2 Å². The maximum absolute atomic E-state index is 14.3. The average molecular weight is 786 g/mol. The van der Waals surface area contributed by atoms with Crippen molar-refractivity contribution in [2.45, 2.75) is 147 Å². The summed E-state index contributed by atoms with van der Waals surface area (Å²) in [6, 6.07) is -1.08. The lowest BCUT2D eigenvalue weighted by Gasteiger charge is -2.47. The first kappa shape index (κ1) is 45.7. The van der Waals surface area contributed by atoms with Crippen molar-refractivity contribution in [1.82, 2.24) is 4.90 Å². The minimum absolute atomic E-state index is 0.0469. The number of carbonyl (C=O) groups excluding carboxylic acids is 4. The van der Waals surface area contributed by atoms with Crippen molar-refractivity contribution >= 4 is 23.4 Å². The second-order valence-electron chi connectivity index (χ2n) is 16.8. The molecule has 3 aliphatic heterocycles. The zero-order chi connectivity index (χ0) is 41.3. The molecule has 0 spiro atoms. The first-order chi connectivity index (χ1) is 26.6. The van der Waals surface area contributed by atoms with E-state index in [2.05, 4.69) is 19.6 Å². The molecule has 2 bridgehead atoms. The molecule has 4 aliphatic rings. The molecule has 56 heavy (non-hydrogen) atoms. The molecule has 0 radical (unpaired) electrons. The molecule has 12 heteroatoms. The lowest BCUT2D eigenvalue weighted by Crippen LogP contribution is -2.64. The summed E-state index contributed by atoms with van der Waals surface area (Å²) in [6.45, 7) is 13.5. The molecule has 12 nitrogen and oxygen atoms in total. The normalized spacial score (nSPS) is 40.4. The summed E-state index contributed by atoms with van der Waals surface area (Å²) in [6.07, 6.45) is 10.5. The Morgan fingerprint density at radius 3 is 2.32 bits per heavy atom. The number of ketones is 2. The highest BCUT2D eigenvalue weighted by Gasteiger charge is 2.56. The van der Waals surface area contributed by atoms with Crippen LogP contribution in [0.5, 0.6) is 0 Å². The van der Waals surface area contributed by atoms with Crippen molar-refractivity contribution in [3.05, 3.63) is 48.1 Å². The number of hydrogen-bond donors (Lipinski definition) is 2. The summed E-state index contributed by atoms with van der Waals surface area (Å²) >= 11 is 0. The smallest absolute Gasteiger partial charge is 0.329 e. The topological polar surface area (TPSA) is 158 Å². The molecular weight excluding hydrogens is 718 g/mol. The summed E-state index contributed by atoms with van der Waals surface area (Å²) in [4.78, 5) is 57.6. The fourth-order valence-corrected chi connectivity index (χ4v) is 9.12. The molecule has 2 saturated heterocycles. The summed E-state index contributed by atoms with van der Waals surface area (Å²) < 4.78 is 29.8. The number of nitrogens with zero attached hydrogens (tertiary/aromatic N) is 1. The predicted molar refractivity (Wildman–Crippen MR) is 211 cm³/mol. The number of aliphatic hydroxyl groups excluding tert-OH is 1.